The van der Waals surface area contributed by atoms with E-state index in [-0.39, 0.29) is 6.61 Å². The number of rotatable bonds is 2. The molecular formula is C11H8N2O2S. The van der Waals surface area contributed by atoms with Gasteiger partial charge in [-0.25, -0.2) is 0 Å². The summed E-state index contributed by atoms with van der Waals surface area (Å²) in [5.41, 5.74) is 1.47. The summed E-state index contributed by atoms with van der Waals surface area (Å²) < 4.78 is 6.04. The molecule has 0 aliphatic heterocycles. The first kappa shape index (κ1) is 9.50. The van der Waals surface area contributed by atoms with Crippen molar-refractivity contribution in [2.24, 2.45) is 0 Å². The van der Waals surface area contributed by atoms with Gasteiger partial charge in [-0.05, 0) is 22.9 Å². The van der Waals surface area contributed by atoms with Gasteiger partial charge in [-0.3, -0.25) is 4.98 Å². The molecule has 3 rings (SSSR count). The maximum Gasteiger partial charge on any atom is 0.162 e. The Morgan fingerprint density at radius 1 is 1.38 bits per heavy atom. The van der Waals surface area contributed by atoms with Crippen molar-refractivity contribution in [1.29, 1.82) is 0 Å². The van der Waals surface area contributed by atoms with Gasteiger partial charge in [0, 0.05) is 12.3 Å². The van der Waals surface area contributed by atoms with E-state index in [9.17, 15) is 0 Å². The van der Waals surface area contributed by atoms with Gasteiger partial charge >= 0.3 is 0 Å². The molecule has 3 heterocycles. The fourth-order valence-electron chi connectivity index (χ4n) is 1.58. The molecule has 0 saturated carbocycles. The fourth-order valence-corrected chi connectivity index (χ4v) is 2.47. The molecule has 0 saturated heterocycles. The third kappa shape index (κ3) is 1.41. The van der Waals surface area contributed by atoms with Crippen molar-refractivity contribution in [3.8, 4) is 11.4 Å². The Labute approximate surface area is 95.2 Å². The number of pyridine rings is 1. The van der Waals surface area contributed by atoms with E-state index in [0.29, 0.717) is 11.5 Å². The first-order valence-corrected chi connectivity index (χ1v) is 5.65. The lowest BCUT2D eigenvalue weighted by molar-refractivity contribution is 0.229. The second-order valence-electron chi connectivity index (χ2n) is 3.34. The minimum atomic E-state index is -0.145. The molecule has 0 aromatic carbocycles. The molecule has 0 atom stereocenters. The maximum atomic E-state index is 8.92. The number of thiophene rings is 1. The molecule has 16 heavy (non-hydrogen) atoms. The zero-order valence-corrected chi connectivity index (χ0v) is 9.07. The summed E-state index contributed by atoms with van der Waals surface area (Å²) >= 11 is 1.62. The molecule has 0 bridgehead atoms. The third-order valence-corrected chi connectivity index (χ3v) is 3.26. The molecule has 0 amide bonds. The van der Waals surface area contributed by atoms with Gasteiger partial charge in [-0.15, -0.1) is 11.3 Å². The molecular weight excluding hydrogens is 224 g/mol. The Morgan fingerprint density at radius 2 is 2.31 bits per heavy atom. The molecule has 0 radical (unpaired) electrons. The van der Waals surface area contributed by atoms with Crippen LogP contribution in [-0.2, 0) is 6.61 Å². The second-order valence-corrected chi connectivity index (χ2v) is 4.25. The van der Waals surface area contributed by atoms with Crippen LogP contribution in [0.4, 0.5) is 0 Å². The lowest BCUT2D eigenvalue weighted by Gasteiger charge is -1.95. The van der Waals surface area contributed by atoms with Crippen LogP contribution in [0.15, 0.2) is 34.3 Å². The second kappa shape index (κ2) is 3.70. The number of aromatic nitrogens is 2. The maximum absolute atomic E-state index is 8.92. The van der Waals surface area contributed by atoms with E-state index >= 15 is 0 Å². The molecule has 5 heteroatoms. The summed E-state index contributed by atoms with van der Waals surface area (Å²) in [4.78, 5) is 4.30. The van der Waals surface area contributed by atoms with Gasteiger partial charge in [0.15, 0.2) is 5.76 Å². The highest BCUT2D eigenvalue weighted by Gasteiger charge is 2.11. The average molecular weight is 232 g/mol. The summed E-state index contributed by atoms with van der Waals surface area (Å²) in [7, 11) is 0. The molecule has 1 N–H and O–H groups in total. The Morgan fingerprint density at radius 3 is 3.12 bits per heavy atom. The topological polar surface area (TPSA) is 59.2 Å². The number of nitrogens with zero attached hydrogens (tertiary/aromatic N) is 2. The molecule has 0 spiro atoms. The Kier molecular flexibility index (Phi) is 2.19. The number of aliphatic hydroxyl groups excluding tert-OH is 1. The zero-order valence-electron chi connectivity index (χ0n) is 8.25. The first-order chi connectivity index (χ1) is 7.88. The monoisotopic (exact) mass is 232 g/mol. The van der Waals surface area contributed by atoms with Crippen molar-refractivity contribution in [1.82, 2.24) is 10.1 Å². The fraction of sp³-hybridized carbons (Fsp3) is 0.0909. The highest BCUT2D eigenvalue weighted by molar-refractivity contribution is 7.17. The standard InChI is InChI=1S/C11H8N2O2S/c14-6-8-5-9(13-15-8)10-11-7(1-3-12-10)2-4-16-11/h1-5,14H,6H2. The number of fused-ring (bicyclic) bond motifs is 1. The molecule has 3 aromatic heterocycles. The van der Waals surface area contributed by atoms with E-state index in [4.69, 9.17) is 9.63 Å². The summed E-state index contributed by atoms with van der Waals surface area (Å²) in [6.45, 7) is -0.145. The van der Waals surface area contributed by atoms with Crippen LogP contribution in [0.1, 0.15) is 5.76 Å². The van der Waals surface area contributed by atoms with Crippen LogP contribution >= 0.6 is 11.3 Å². The number of hydrogen-bond acceptors (Lipinski definition) is 5. The molecule has 0 unspecified atom stereocenters. The molecule has 0 aliphatic rings. The highest BCUT2D eigenvalue weighted by Crippen LogP contribution is 2.30. The Hall–Kier alpha value is -1.72. The predicted molar refractivity (Wildman–Crippen MR) is 61.0 cm³/mol. The van der Waals surface area contributed by atoms with Crippen molar-refractivity contribution >= 4 is 21.4 Å². The van der Waals surface area contributed by atoms with E-state index in [1.165, 1.54) is 0 Å². The molecule has 80 valence electrons. The summed E-state index contributed by atoms with van der Waals surface area (Å²) in [5.74, 6) is 0.449. The van der Waals surface area contributed by atoms with Gasteiger partial charge < -0.3 is 9.63 Å². The van der Waals surface area contributed by atoms with Crippen LogP contribution in [0, 0.1) is 0 Å². The van der Waals surface area contributed by atoms with Crippen molar-refractivity contribution in [2.75, 3.05) is 0 Å². The number of aliphatic hydroxyl groups is 1. The predicted octanol–water partition coefficient (Wildman–Crippen LogP) is 2.44. The zero-order chi connectivity index (χ0) is 11.0. The van der Waals surface area contributed by atoms with Crippen molar-refractivity contribution in [3.05, 3.63) is 35.5 Å². The van der Waals surface area contributed by atoms with Crippen LogP contribution in [0.3, 0.4) is 0 Å². The molecule has 0 fully saturated rings. The first-order valence-electron chi connectivity index (χ1n) is 4.77. The van der Waals surface area contributed by atoms with E-state index < -0.39 is 0 Å². The Balaban J connectivity index is 2.21. The summed E-state index contributed by atoms with van der Waals surface area (Å²) in [6.07, 6.45) is 1.75. The van der Waals surface area contributed by atoms with Gasteiger partial charge in [0.05, 0.1) is 4.70 Å². The van der Waals surface area contributed by atoms with Crippen LogP contribution < -0.4 is 0 Å². The summed E-state index contributed by atoms with van der Waals surface area (Å²) in [6, 6.07) is 5.71. The van der Waals surface area contributed by atoms with E-state index in [1.54, 1.807) is 23.6 Å². The lowest BCUT2D eigenvalue weighted by atomic mass is 10.2. The van der Waals surface area contributed by atoms with E-state index in [0.717, 1.165) is 15.8 Å². The SMILES string of the molecule is OCc1cc(-c2nccc3ccsc23)no1. The van der Waals surface area contributed by atoms with Crippen molar-refractivity contribution < 1.29 is 9.63 Å². The van der Waals surface area contributed by atoms with Gasteiger partial charge in [0.25, 0.3) is 0 Å². The molecule has 0 aliphatic carbocycles. The van der Waals surface area contributed by atoms with Crippen LogP contribution in [0.2, 0.25) is 0 Å². The van der Waals surface area contributed by atoms with Crippen LogP contribution in [0.25, 0.3) is 21.5 Å². The minimum absolute atomic E-state index is 0.145. The van der Waals surface area contributed by atoms with Crippen molar-refractivity contribution in [2.45, 2.75) is 6.61 Å². The van der Waals surface area contributed by atoms with Gasteiger partial charge in [0.1, 0.15) is 18.0 Å². The molecule has 3 aromatic rings. The van der Waals surface area contributed by atoms with E-state index in [1.807, 2.05) is 17.5 Å². The smallest absolute Gasteiger partial charge is 0.162 e. The number of hydrogen-bond donors (Lipinski definition) is 1. The lowest BCUT2D eigenvalue weighted by Crippen LogP contribution is -1.82. The van der Waals surface area contributed by atoms with Crippen LogP contribution in [0.5, 0.6) is 0 Å². The normalized spacial score (nSPS) is 11.1. The van der Waals surface area contributed by atoms with Crippen LogP contribution in [-0.4, -0.2) is 15.2 Å². The minimum Gasteiger partial charge on any atom is -0.388 e. The quantitative estimate of drug-likeness (QED) is 0.737. The van der Waals surface area contributed by atoms with E-state index in [2.05, 4.69) is 10.1 Å². The Bertz CT molecular complexity index is 629. The van der Waals surface area contributed by atoms with Gasteiger partial charge in [-0.1, -0.05) is 5.16 Å². The highest BCUT2D eigenvalue weighted by atomic mass is 32.1. The molecule has 4 nitrogen and oxygen atoms in total. The van der Waals surface area contributed by atoms with Gasteiger partial charge in [-0.2, -0.15) is 0 Å². The third-order valence-electron chi connectivity index (χ3n) is 2.33. The summed E-state index contributed by atoms with van der Waals surface area (Å²) in [5, 5.41) is 16.0. The average Bonchev–Trinajstić information content (AvgIpc) is 2.97. The largest absolute Gasteiger partial charge is 0.388 e. The van der Waals surface area contributed by atoms with Crippen molar-refractivity contribution in [3.63, 3.8) is 0 Å². The van der Waals surface area contributed by atoms with Gasteiger partial charge in [0.2, 0.25) is 0 Å².